The zero-order valence-corrected chi connectivity index (χ0v) is 17.1. The number of carbonyl (C=O) groups excluding carboxylic acids is 2. The number of benzene rings is 1. The van der Waals surface area contributed by atoms with E-state index in [0.29, 0.717) is 11.7 Å². The Morgan fingerprint density at radius 3 is 2.57 bits per heavy atom. The molecule has 0 atom stereocenters. The quantitative estimate of drug-likeness (QED) is 0.470. The Bertz CT molecular complexity index is 1140. The molecule has 0 saturated heterocycles. The standard InChI is InChI=1S/C19H18ClF3N4O3/c1-18(2,3)30-17(29)24-7-13-25-14-11-6-10(8-28)4-5-12(11)27(9-19(21,22)23)15(14)16(20)26-13/h4-6,8H,7,9H2,1-3H3,(H,24,29). The highest BCUT2D eigenvalue weighted by Crippen LogP contribution is 2.34. The van der Waals surface area contributed by atoms with Gasteiger partial charge in [0.25, 0.3) is 0 Å². The lowest BCUT2D eigenvalue weighted by atomic mass is 10.1. The van der Waals surface area contributed by atoms with Crippen molar-refractivity contribution in [1.29, 1.82) is 0 Å². The number of nitrogens with one attached hydrogen (secondary N) is 1. The number of nitrogens with zero attached hydrogens (tertiary/aromatic N) is 3. The van der Waals surface area contributed by atoms with Crippen molar-refractivity contribution in [2.45, 2.75) is 45.6 Å². The third-order valence-electron chi connectivity index (χ3n) is 3.99. The summed E-state index contributed by atoms with van der Waals surface area (Å²) in [6, 6.07) is 4.25. The summed E-state index contributed by atoms with van der Waals surface area (Å²) >= 11 is 6.21. The van der Waals surface area contributed by atoms with Gasteiger partial charge in [-0.3, -0.25) is 4.79 Å². The Hall–Kier alpha value is -2.88. The van der Waals surface area contributed by atoms with Crippen LogP contribution in [0.4, 0.5) is 18.0 Å². The zero-order valence-electron chi connectivity index (χ0n) is 16.3. The van der Waals surface area contributed by atoms with E-state index in [1.54, 1.807) is 20.8 Å². The summed E-state index contributed by atoms with van der Waals surface area (Å²) in [6.45, 7) is 3.65. The number of aromatic nitrogens is 3. The predicted molar refractivity (Wildman–Crippen MR) is 105 cm³/mol. The van der Waals surface area contributed by atoms with Crippen LogP contribution in [-0.4, -0.2) is 38.7 Å². The topological polar surface area (TPSA) is 86.1 Å². The number of hydrogen-bond donors (Lipinski definition) is 1. The van der Waals surface area contributed by atoms with Gasteiger partial charge in [0.15, 0.2) is 5.15 Å². The summed E-state index contributed by atoms with van der Waals surface area (Å²) in [7, 11) is 0. The van der Waals surface area contributed by atoms with Crippen LogP contribution in [0.25, 0.3) is 21.9 Å². The number of hydrogen-bond acceptors (Lipinski definition) is 5. The molecule has 0 unspecified atom stereocenters. The van der Waals surface area contributed by atoms with Crippen molar-refractivity contribution in [3.8, 4) is 0 Å². The molecular formula is C19H18ClF3N4O3. The number of fused-ring (bicyclic) bond motifs is 3. The molecule has 0 fully saturated rings. The average molecular weight is 443 g/mol. The van der Waals surface area contributed by atoms with Gasteiger partial charge in [-0.25, -0.2) is 14.8 Å². The number of alkyl halides is 3. The van der Waals surface area contributed by atoms with Crippen LogP contribution in [0.2, 0.25) is 5.15 Å². The van der Waals surface area contributed by atoms with Crippen molar-refractivity contribution in [3.05, 3.63) is 34.7 Å². The minimum atomic E-state index is -4.51. The zero-order chi connectivity index (χ0) is 22.3. The maximum atomic E-state index is 13.2. The normalized spacial score (nSPS) is 12.4. The van der Waals surface area contributed by atoms with Crippen molar-refractivity contribution < 1.29 is 27.5 Å². The fraction of sp³-hybridized carbons (Fsp3) is 0.368. The molecule has 3 aromatic rings. The van der Waals surface area contributed by atoms with Gasteiger partial charge in [-0.05, 0) is 39.0 Å². The number of alkyl carbamates (subject to hydrolysis) is 1. The van der Waals surface area contributed by atoms with Gasteiger partial charge >= 0.3 is 12.3 Å². The Labute approximate surface area is 174 Å². The molecule has 0 aliphatic carbocycles. The Morgan fingerprint density at radius 2 is 1.97 bits per heavy atom. The van der Waals surface area contributed by atoms with Gasteiger partial charge in [0.05, 0.1) is 12.1 Å². The fourth-order valence-electron chi connectivity index (χ4n) is 2.96. The minimum Gasteiger partial charge on any atom is -0.444 e. The lowest BCUT2D eigenvalue weighted by Crippen LogP contribution is -2.32. The van der Waals surface area contributed by atoms with Crippen LogP contribution in [0.15, 0.2) is 18.2 Å². The van der Waals surface area contributed by atoms with Gasteiger partial charge in [-0.2, -0.15) is 13.2 Å². The summed E-state index contributed by atoms with van der Waals surface area (Å²) in [5.74, 6) is 0.0842. The number of amides is 1. The van der Waals surface area contributed by atoms with Gasteiger partial charge in [0, 0.05) is 10.9 Å². The molecule has 0 radical (unpaired) electrons. The number of ether oxygens (including phenoxy) is 1. The van der Waals surface area contributed by atoms with Crippen LogP contribution >= 0.6 is 11.6 Å². The van der Waals surface area contributed by atoms with Crippen molar-refractivity contribution in [3.63, 3.8) is 0 Å². The molecule has 1 aromatic carbocycles. The van der Waals surface area contributed by atoms with Gasteiger partial charge in [0.1, 0.15) is 35.3 Å². The Balaban J connectivity index is 2.09. The van der Waals surface area contributed by atoms with E-state index in [-0.39, 0.29) is 39.6 Å². The van der Waals surface area contributed by atoms with E-state index in [9.17, 15) is 22.8 Å². The Kier molecular flexibility index (Phi) is 5.64. The molecule has 2 heterocycles. The maximum absolute atomic E-state index is 13.2. The molecule has 11 heteroatoms. The lowest BCUT2D eigenvalue weighted by Gasteiger charge is -2.19. The van der Waals surface area contributed by atoms with E-state index in [1.807, 2.05) is 0 Å². The number of halogens is 4. The third kappa shape index (κ3) is 4.81. The van der Waals surface area contributed by atoms with Gasteiger partial charge in [-0.1, -0.05) is 11.6 Å². The second kappa shape index (κ2) is 7.75. The molecule has 0 aliphatic rings. The van der Waals surface area contributed by atoms with Crippen LogP contribution < -0.4 is 5.32 Å². The molecule has 7 nitrogen and oxygen atoms in total. The average Bonchev–Trinajstić information content (AvgIpc) is 2.90. The van der Waals surface area contributed by atoms with Crippen LogP contribution in [0.5, 0.6) is 0 Å². The second-order valence-corrected chi connectivity index (χ2v) is 7.94. The molecule has 0 aliphatic heterocycles. The van der Waals surface area contributed by atoms with E-state index in [0.717, 1.165) is 4.57 Å². The lowest BCUT2D eigenvalue weighted by molar-refractivity contribution is -0.139. The fourth-order valence-corrected chi connectivity index (χ4v) is 3.25. The SMILES string of the molecule is CC(C)(C)OC(=O)NCc1nc(Cl)c2c(n1)c1cc(C=O)ccc1n2CC(F)(F)F. The van der Waals surface area contributed by atoms with Gasteiger partial charge in [0.2, 0.25) is 0 Å². The Morgan fingerprint density at radius 1 is 1.27 bits per heavy atom. The summed E-state index contributed by atoms with van der Waals surface area (Å²) in [5, 5.41) is 2.60. The highest BCUT2D eigenvalue weighted by molar-refractivity contribution is 6.35. The molecule has 30 heavy (non-hydrogen) atoms. The monoisotopic (exact) mass is 442 g/mol. The molecule has 3 rings (SSSR count). The van der Waals surface area contributed by atoms with E-state index in [4.69, 9.17) is 16.3 Å². The van der Waals surface area contributed by atoms with E-state index in [1.165, 1.54) is 18.2 Å². The number of carbonyl (C=O) groups is 2. The van der Waals surface area contributed by atoms with Crippen LogP contribution in [0.3, 0.4) is 0 Å². The van der Waals surface area contributed by atoms with Crippen molar-refractivity contribution in [1.82, 2.24) is 19.9 Å². The molecule has 2 aromatic heterocycles. The van der Waals surface area contributed by atoms with Crippen molar-refractivity contribution in [2.24, 2.45) is 0 Å². The molecule has 1 N–H and O–H groups in total. The molecule has 0 saturated carbocycles. The summed E-state index contributed by atoms with van der Waals surface area (Å²) < 4.78 is 45.6. The van der Waals surface area contributed by atoms with Crippen LogP contribution in [0, 0.1) is 0 Å². The van der Waals surface area contributed by atoms with Crippen LogP contribution in [0.1, 0.15) is 37.0 Å². The number of aldehydes is 1. The molecule has 0 bridgehead atoms. The highest BCUT2D eigenvalue weighted by Gasteiger charge is 2.31. The predicted octanol–water partition coefficient (Wildman–Crippen LogP) is 4.64. The first kappa shape index (κ1) is 21.8. The first-order valence-corrected chi connectivity index (χ1v) is 9.23. The smallest absolute Gasteiger partial charge is 0.408 e. The van der Waals surface area contributed by atoms with Gasteiger partial charge in [-0.15, -0.1) is 0 Å². The summed E-state index contributed by atoms with van der Waals surface area (Å²) in [6.07, 6.45) is -4.63. The summed E-state index contributed by atoms with van der Waals surface area (Å²) in [5.41, 5.74) is -0.0758. The van der Waals surface area contributed by atoms with Crippen molar-refractivity contribution in [2.75, 3.05) is 0 Å². The second-order valence-electron chi connectivity index (χ2n) is 7.58. The first-order valence-electron chi connectivity index (χ1n) is 8.85. The molecule has 1 amide bonds. The van der Waals surface area contributed by atoms with Crippen molar-refractivity contribution >= 4 is 45.9 Å². The van der Waals surface area contributed by atoms with E-state index in [2.05, 4.69) is 15.3 Å². The van der Waals surface area contributed by atoms with E-state index < -0.39 is 24.4 Å². The number of rotatable bonds is 4. The first-order chi connectivity index (χ1) is 13.9. The van der Waals surface area contributed by atoms with Gasteiger partial charge < -0.3 is 14.6 Å². The maximum Gasteiger partial charge on any atom is 0.408 e. The summed E-state index contributed by atoms with van der Waals surface area (Å²) in [4.78, 5) is 31.3. The third-order valence-corrected chi connectivity index (χ3v) is 4.25. The minimum absolute atomic E-state index is 0.00643. The van der Waals surface area contributed by atoms with E-state index >= 15 is 0 Å². The molecule has 160 valence electrons. The largest absolute Gasteiger partial charge is 0.444 e. The highest BCUT2D eigenvalue weighted by atomic mass is 35.5. The van der Waals surface area contributed by atoms with Crippen LogP contribution in [-0.2, 0) is 17.8 Å². The molecular weight excluding hydrogens is 425 g/mol. The molecule has 0 spiro atoms.